The molecule has 0 aliphatic heterocycles. The van der Waals surface area contributed by atoms with Crippen molar-refractivity contribution in [1.29, 1.82) is 0 Å². The number of amides is 1. The minimum Gasteiger partial charge on any atom is -0.351 e. The minimum absolute atomic E-state index is 0.144. The lowest BCUT2D eigenvalue weighted by Crippen LogP contribution is -2.24. The maximum Gasteiger partial charge on any atom is 0.230 e. The van der Waals surface area contributed by atoms with Crippen molar-refractivity contribution in [3.05, 3.63) is 71.3 Å². The van der Waals surface area contributed by atoms with Crippen molar-refractivity contribution in [2.24, 2.45) is 0 Å². The van der Waals surface area contributed by atoms with Crippen LogP contribution < -0.4 is 5.32 Å². The predicted molar refractivity (Wildman–Crippen MR) is 99.8 cm³/mol. The van der Waals surface area contributed by atoms with Crippen molar-refractivity contribution < 1.29 is 9.18 Å². The summed E-state index contributed by atoms with van der Waals surface area (Å²) in [6.07, 6.45) is 1.62. The number of halogens is 1. The second-order valence-electron chi connectivity index (χ2n) is 5.97. The zero-order valence-electron chi connectivity index (χ0n) is 14.6. The van der Waals surface area contributed by atoms with Gasteiger partial charge in [-0.1, -0.05) is 41.6 Å². The smallest absolute Gasteiger partial charge is 0.230 e. The largest absolute Gasteiger partial charge is 0.351 e. The maximum atomic E-state index is 13.5. The van der Waals surface area contributed by atoms with Gasteiger partial charge >= 0.3 is 0 Å². The average Bonchev–Trinajstić information content (AvgIpc) is 3.10. The van der Waals surface area contributed by atoms with E-state index in [-0.39, 0.29) is 17.5 Å². The van der Waals surface area contributed by atoms with Crippen LogP contribution in [0.2, 0.25) is 0 Å². The third-order valence-corrected chi connectivity index (χ3v) is 4.83. The molecular weight excluding hydrogens is 351 g/mol. The standard InChI is InChI=1S/C19H19FN4OS/c1-13-3-7-16(8-4-13)24-12-22-23-19(24)26-11-18(25)21-10-15-6-5-14(2)17(20)9-15/h3-9,12H,10-11H2,1-2H3,(H,21,25). The molecule has 134 valence electrons. The summed E-state index contributed by atoms with van der Waals surface area (Å²) in [6.45, 7) is 4.02. The lowest BCUT2D eigenvalue weighted by Gasteiger charge is -2.08. The van der Waals surface area contributed by atoms with Crippen molar-refractivity contribution in [2.75, 3.05) is 5.75 Å². The molecule has 3 rings (SSSR count). The maximum absolute atomic E-state index is 13.5. The van der Waals surface area contributed by atoms with Gasteiger partial charge in [-0.15, -0.1) is 10.2 Å². The van der Waals surface area contributed by atoms with Gasteiger partial charge < -0.3 is 5.32 Å². The summed E-state index contributed by atoms with van der Waals surface area (Å²) in [5.41, 5.74) is 3.43. The molecule has 1 aromatic heterocycles. The van der Waals surface area contributed by atoms with Crippen LogP contribution in [0.25, 0.3) is 5.69 Å². The van der Waals surface area contributed by atoms with Crippen LogP contribution in [0.3, 0.4) is 0 Å². The molecule has 1 amide bonds. The van der Waals surface area contributed by atoms with Crippen LogP contribution in [0.5, 0.6) is 0 Å². The average molecular weight is 370 g/mol. The fraction of sp³-hybridized carbons (Fsp3) is 0.211. The molecule has 0 aliphatic carbocycles. The van der Waals surface area contributed by atoms with Crippen LogP contribution in [0, 0.1) is 19.7 Å². The van der Waals surface area contributed by atoms with Gasteiger partial charge in [-0.05, 0) is 43.2 Å². The first kappa shape index (κ1) is 18.1. The van der Waals surface area contributed by atoms with Crippen LogP contribution in [-0.2, 0) is 11.3 Å². The molecule has 0 atom stereocenters. The Kier molecular flexibility index (Phi) is 5.68. The molecule has 0 unspecified atom stereocenters. The number of hydrogen-bond donors (Lipinski definition) is 1. The molecule has 1 heterocycles. The highest BCUT2D eigenvalue weighted by Crippen LogP contribution is 2.19. The number of carbonyl (C=O) groups is 1. The summed E-state index contributed by atoms with van der Waals surface area (Å²) in [6, 6.07) is 12.9. The first-order valence-corrected chi connectivity index (χ1v) is 9.13. The van der Waals surface area contributed by atoms with Gasteiger partial charge in [0.2, 0.25) is 5.91 Å². The van der Waals surface area contributed by atoms with Gasteiger partial charge in [-0.2, -0.15) is 0 Å². The number of aromatic nitrogens is 3. The third kappa shape index (κ3) is 4.49. The Labute approximate surface area is 155 Å². The van der Waals surface area contributed by atoms with E-state index in [0.29, 0.717) is 17.3 Å². The molecule has 26 heavy (non-hydrogen) atoms. The van der Waals surface area contributed by atoms with Crippen LogP contribution in [0.4, 0.5) is 4.39 Å². The number of hydrogen-bond acceptors (Lipinski definition) is 4. The Bertz CT molecular complexity index is 908. The molecule has 0 aliphatic rings. The van der Waals surface area contributed by atoms with Crippen LogP contribution in [0.15, 0.2) is 53.9 Å². The highest BCUT2D eigenvalue weighted by atomic mass is 32.2. The Morgan fingerprint density at radius 3 is 2.69 bits per heavy atom. The first-order valence-electron chi connectivity index (χ1n) is 8.14. The molecule has 2 aromatic carbocycles. The number of thioether (sulfide) groups is 1. The molecule has 5 nitrogen and oxygen atoms in total. The number of nitrogens with zero attached hydrogens (tertiary/aromatic N) is 3. The monoisotopic (exact) mass is 370 g/mol. The lowest BCUT2D eigenvalue weighted by atomic mass is 10.1. The SMILES string of the molecule is Cc1ccc(-n2cnnc2SCC(=O)NCc2ccc(C)c(F)c2)cc1. The predicted octanol–water partition coefficient (Wildman–Crippen LogP) is 3.43. The Balaban J connectivity index is 1.56. The second kappa shape index (κ2) is 8.14. The van der Waals surface area contributed by atoms with Crippen molar-refractivity contribution in [1.82, 2.24) is 20.1 Å². The van der Waals surface area contributed by atoms with E-state index in [1.807, 2.05) is 35.8 Å². The van der Waals surface area contributed by atoms with E-state index in [2.05, 4.69) is 15.5 Å². The van der Waals surface area contributed by atoms with Gasteiger partial charge in [0.1, 0.15) is 12.1 Å². The summed E-state index contributed by atoms with van der Waals surface area (Å²) in [5.74, 6) is -0.203. The first-order chi connectivity index (χ1) is 12.5. The van der Waals surface area contributed by atoms with Gasteiger partial charge in [0.05, 0.1) is 5.75 Å². The highest BCUT2D eigenvalue weighted by Gasteiger charge is 2.10. The second-order valence-corrected chi connectivity index (χ2v) is 6.91. The molecule has 0 fully saturated rings. The number of rotatable bonds is 6. The van der Waals surface area contributed by atoms with E-state index >= 15 is 0 Å². The molecule has 0 bridgehead atoms. The molecule has 0 saturated carbocycles. The zero-order valence-corrected chi connectivity index (χ0v) is 15.4. The Morgan fingerprint density at radius 1 is 1.19 bits per heavy atom. The summed E-state index contributed by atoms with van der Waals surface area (Å²) >= 11 is 1.30. The van der Waals surface area contributed by atoms with Gasteiger partial charge in [-0.3, -0.25) is 9.36 Å². The molecule has 0 saturated heterocycles. The molecular formula is C19H19FN4OS. The molecule has 1 N–H and O–H groups in total. The van der Waals surface area contributed by atoms with Crippen LogP contribution >= 0.6 is 11.8 Å². The van der Waals surface area contributed by atoms with E-state index in [9.17, 15) is 9.18 Å². The number of benzene rings is 2. The van der Waals surface area contributed by atoms with Gasteiger partial charge in [0.25, 0.3) is 0 Å². The van der Waals surface area contributed by atoms with Gasteiger partial charge in [0, 0.05) is 12.2 Å². The Morgan fingerprint density at radius 2 is 1.96 bits per heavy atom. The van der Waals surface area contributed by atoms with Crippen molar-refractivity contribution in [3.8, 4) is 5.69 Å². The molecule has 0 radical (unpaired) electrons. The van der Waals surface area contributed by atoms with E-state index in [0.717, 1.165) is 11.3 Å². The third-order valence-electron chi connectivity index (χ3n) is 3.89. The summed E-state index contributed by atoms with van der Waals surface area (Å²) in [4.78, 5) is 12.1. The fourth-order valence-corrected chi connectivity index (χ4v) is 3.09. The quantitative estimate of drug-likeness (QED) is 0.676. The van der Waals surface area contributed by atoms with E-state index in [1.165, 1.54) is 23.4 Å². The van der Waals surface area contributed by atoms with Crippen molar-refractivity contribution >= 4 is 17.7 Å². The normalized spacial score (nSPS) is 10.7. The van der Waals surface area contributed by atoms with E-state index in [4.69, 9.17) is 0 Å². The van der Waals surface area contributed by atoms with Crippen LogP contribution in [0.1, 0.15) is 16.7 Å². The van der Waals surface area contributed by atoms with Crippen molar-refractivity contribution in [2.45, 2.75) is 25.5 Å². The zero-order chi connectivity index (χ0) is 18.5. The van der Waals surface area contributed by atoms with Crippen LogP contribution in [-0.4, -0.2) is 26.4 Å². The van der Waals surface area contributed by atoms with E-state index < -0.39 is 0 Å². The lowest BCUT2D eigenvalue weighted by molar-refractivity contribution is -0.118. The minimum atomic E-state index is -0.266. The number of nitrogens with one attached hydrogen (secondary N) is 1. The summed E-state index contributed by atoms with van der Waals surface area (Å²) < 4.78 is 15.4. The van der Waals surface area contributed by atoms with Gasteiger partial charge in [-0.25, -0.2) is 4.39 Å². The highest BCUT2D eigenvalue weighted by molar-refractivity contribution is 7.99. The summed E-state index contributed by atoms with van der Waals surface area (Å²) in [5, 5.41) is 11.4. The molecule has 3 aromatic rings. The molecule has 7 heteroatoms. The Hall–Kier alpha value is -2.67. The number of carbonyl (C=O) groups excluding carboxylic acids is 1. The van der Waals surface area contributed by atoms with Crippen molar-refractivity contribution in [3.63, 3.8) is 0 Å². The fourth-order valence-electron chi connectivity index (χ4n) is 2.33. The molecule has 0 spiro atoms. The topological polar surface area (TPSA) is 59.8 Å². The van der Waals surface area contributed by atoms with E-state index in [1.54, 1.807) is 25.4 Å². The number of aryl methyl sites for hydroxylation is 2. The summed E-state index contributed by atoms with van der Waals surface area (Å²) in [7, 11) is 0. The van der Waals surface area contributed by atoms with Gasteiger partial charge in [0.15, 0.2) is 5.16 Å².